The molecule has 9 nitrogen and oxygen atoms in total. The zero-order valence-electron chi connectivity index (χ0n) is 17.7. The summed E-state index contributed by atoms with van der Waals surface area (Å²) >= 11 is 0. The van der Waals surface area contributed by atoms with Gasteiger partial charge >= 0.3 is 11.9 Å². The van der Waals surface area contributed by atoms with E-state index in [2.05, 4.69) is 20.3 Å². The lowest BCUT2D eigenvalue weighted by atomic mass is 10.1. The number of fused-ring (bicyclic) bond motifs is 1. The topological polar surface area (TPSA) is 115 Å². The van der Waals surface area contributed by atoms with E-state index >= 15 is 0 Å². The monoisotopic (exact) mass is 476 g/mol. The van der Waals surface area contributed by atoms with E-state index in [4.69, 9.17) is 0 Å². The van der Waals surface area contributed by atoms with E-state index in [9.17, 15) is 31.9 Å². The molecular weight excluding hydrogens is 460 g/mol. The van der Waals surface area contributed by atoms with Crippen LogP contribution >= 0.6 is 0 Å². The molecule has 2 N–H and O–H groups in total. The average molecular weight is 476 g/mol. The highest BCUT2D eigenvalue weighted by Crippen LogP contribution is 2.33. The number of H-pyrrole nitrogens is 1. The van der Waals surface area contributed by atoms with Crippen molar-refractivity contribution in [2.75, 3.05) is 5.32 Å². The van der Waals surface area contributed by atoms with Crippen molar-refractivity contribution in [3.63, 3.8) is 0 Å². The average Bonchev–Trinajstić information content (AvgIpc) is 3.23. The summed E-state index contributed by atoms with van der Waals surface area (Å²) in [5, 5.41) is 2.57. The second kappa shape index (κ2) is 8.24. The van der Waals surface area contributed by atoms with Gasteiger partial charge in [0.2, 0.25) is 11.9 Å². The summed E-state index contributed by atoms with van der Waals surface area (Å²) in [7, 11) is 2.80. The van der Waals surface area contributed by atoms with Gasteiger partial charge in [0.15, 0.2) is 0 Å². The lowest BCUT2D eigenvalue weighted by Crippen LogP contribution is -2.37. The minimum absolute atomic E-state index is 0.0409. The zero-order valence-corrected chi connectivity index (χ0v) is 17.7. The number of rotatable bonds is 4. The third-order valence-corrected chi connectivity index (χ3v) is 5.21. The maximum absolute atomic E-state index is 13.9. The second-order valence-corrected chi connectivity index (χ2v) is 7.42. The van der Waals surface area contributed by atoms with Crippen LogP contribution < -0.4 is 16.6 Å². The molecule has 34 heavy (non-hydrogen) atoms. The molecule has 0 bridgehead atoms. The van der Waals surface area contributed by atoms with Gasteiger partial charge < -0.3 is 4.98 Å². The maximum atomic E-state index is 13.9. The van der Waals surface area contributed by atoms with Crippen LogP contribution in [0.2, 0.25) is 0 Å². The van der Waals surface area contributed by atoms with Gasteiger partial charge in [-0.2, -0.15) is 13.2 Å². The number of nitrogens with one attached hydrogen (secondary N) is 2. The van der Waals surface area contributed by atoms with Gasteiger partial charge in [0, 0.05) is 25.9 Å². The van der Waals surface area contributed by atoms with Crippen molar-refractivity contribution in [2.24, 2.45) is 14.1 Å². The highest BCUT2D eigenvalue weighted by molar-refractivity contribution is 5.93. The minimum Gasteiger partial charge on any atom is -0.324 e. The van der Waals surface area contributed by atoms with Crippen molar-refractivity contribution >= 4 is 22.8 Å². The van der Waals surface area contributed by atoms with Crippen molar-refractivity contribution in [1.82, 2.24) is 24.1 Å². The lowest BCUT2D eigenvalue weighted by Gasteiger charge is -2.10. The van der Waals surface area contributed by atoms with Gasteiger partial charge in [-0.15, -0.1) is 0 Å². The molecule has 0 atom stereocenters. The van der Waals surface area contributed by atoms with Crippen LogP contribution in [0.5, 0.6) is 0 Å². The van der Waals surface area contributed by atoms with E-state index in [0.717, 1.165) is 10.6 Å². The summed E-state index contributed by atoms with van der Waals surface area (Å²) in [5.41, 5.74) is -1.79. The largest absolute Gasteiger partial charge is 0.419 e. The van der Waals surface area contributed by atoms with Crippen LogP contribution in [0.15, 0.2) is 46.2 Å². The molecule has 0 unspecified atom stereocenters. The number of carbonyl (C=O) groups is 1. The van der Waals surface area contributed by atoms with Gasteiger partial charge in [-0.25, -0.2) is 14.2 Å². The van der Waals surface area contributed by atoms with Crippen LogP contribution in [0, 0.1) is 5.82 Å². The molecule has 1 amide bonds. The predicted octanol–water partition coefficient (Wildman–Crippen LogP) is 2.36. The molecule has 13 heteroatoms. The first-order valence-electron chi connectivity index (χ1n) is 9.73. The van der Waals surface area contributed by atoms with Crippen molar-refractivity contribution in [3.8, 4) is 11.3 Å². The molecule has 0 saturated heterocycles. The number of aryl methyl sites for hydroxylation is 1. The smallest absolute Gasteiger partial charge is 0.324 e. The molecule has 0 aliphatic carbocycles. The molecule has 0 radical (unpaired) electrons. The van der Waals surface area contributed by atoms with Gasteiger partial charge in [-0.3, -0.25) is 29.0 Å². The summed E-state index contributed by atoms with van der Waals surface area (Å²) in [5.74, 6) is -2.08. The molecule has 0 fully saturated rings. The van der Waals surface area contributed by atoms with Crippen molar-refractivity contribution in [2.45, 2.75) is 12.6 Å². The minimum atomic E-state index is -4.82. The van der Waals surface area contributed by atoms with Crippen molar-refractivity contribution < 1.29 is 22.4 Å². The Morgan fingerprint density at radius 1 is 1.12 bits per heavy atom. The molecule has 0 aliphatic heterocycles. The highest BCUT2D eigenvalue weighted by atomic mass is 19.4. The van der Waals surface area contributed by atoms with Gasteiger partial charge in [-0.05, 0) is 18.2 Å². The fraction of sp³-hybridized carbons (Fsp3) is 0.190. The van der Waals surface area contributed by atoms with Gasteiger partial charge in [-0.1, -0.05) is 6.07 Å². The number of halogens is 4. The fourth-order valence-corrected chi connectivity index (χ4v) is 3.50. The molecule has 4 rings (SSSR count). The van der Waals surface area contributed by atoms with E-state index in [0.29, 0.717) is 17.6 Å². The van der Waals surface area contributed by atoms with Gasteiger partial charge in [0.05, 0.1) is 40.5 Å². The quantitative estimate of drug-likeness (QED) is 0.439. The van der Waals surface area contributed by atoms with E-state index < -0.39 is 34.7 Å². The highest BCUT2D eigenvalue weighted by Gasteiger charge is 2.34. The number of aromatic nitrogens is 5. The Balaban J connectivity index is 1.57. The van der Waals surface area contributed by atoms with Crippen LogP contribution in [0.3, 0.4) is 0 Å². The van der Waals surface area contributed by atoms with Crippen molar-refractivity contribution in [1.29, 1.82) is 0 Å². The first-order chi connectivity index (χ1) is 16.0. The van der Waals surface area contributed by atoms with Crippen LogP contribution in [0.4, 0.5) is 23.5 Å². The van der Waals surface area contributed by atoms with Crippen LogP contribution in [-0.2, 0) is 31.5 Å². The molecule has 176 valence electrons. The van der Waals surface area contributed by atoms with Gasteiger partial charge in [0.1, 0.15) is 5.82 Å². The van der Waals surface area contributed by atoms with Crippen LogP contribution in [0.25, 0.3) is 22.2 Å². The Hall–Kier alpha value is -4.29. The summed E-state index contributed by atoms with van der Waals surface area (Å²) in [6.45, 7) is 0. The molecular formula is C21H16F4N6O3. The standard InChI is InChI=1S/C21H16F4N6O3/c1-30-15-5-6-26-13(17(15)18(33)31(2)20(30)34)8-16(32)29-19-27-9-14(28-19)10-3-4-11(12(22)7-10)21(23,24)25/h3-7,9H,8H2,1-2H3,(H2,27,28,29,32). The first-order valence-corrected chi connectivity index (χ1v) is 9.73. The lowest BCUT2D eigenvalue weighted by molar-refractivity contribution is -0.140. The summed E-state index contributed by atoms with van der Waals surface area (Å²) < 4.78 is 54.3. The second-order valence-electron chi connectivity index (χ2n) is 7.42. The zero-order chi connectivity index (χ0) is 24.8. The number of hydrogen-bond donors (Lipinski definition) is 2. The Bertz CT molecular complexity index is 1550. The molecule has 0 saturated carbocycles. The Morgan fingerprint density at radius 2 is 1.85 bits per heavy atom. The number of aromatic amines is 1. The molecule has 0 aliphatic rings. The molecule has 3 heterocycles. The number of benzene rings is 1. The van der Waals surface area contributed by atoms with E-state index in [1.807, 2.05) is 0 Å². The Kier molecular flexibility index (Phi) is 5.55. The molecule has 0 spiro atoms. The number of amides is 1. The van der Waals surface area contributed by atoms with Crippen LogP contribution in [-0.4, -0.2) is 30.0 Å². The fourth-order valence-electron chi connectivity index (χ4n) is 3.50. The number of anilines is 1. The van der Waals surface area contributed by atoms with Crippen molar-refractivity contribution in [3.05, 3.63) is 74.6 Å². The van der Waals surface area contributed by atoms with Crippen LogP contribution in [0.1, 0.15) is 11.3 Å². The Morgan fingerprint density at radius 3 is 2.53 bits per heavy atom. The third kappa shape index (κ3) is 4.07. The third-order valence-electron chi connectivity index (χ3n) is 5.21. The number of pyridine rings is 1. The van der Waals surface area contributed by atoms with E-state index in [1.54, 1.807) is 0 Å². The predicted molar refractivity (Wildman–Crippen MR) is 114 cm³/mol. The molecule has 1 aromatic carbocycles. The number of imidazole rings is 1. The Labute approximate surface area is 187 Å². The normalized spacial score (nSPS) is 11.7. The number of nitrogens with zero attached hydrogens (tertiary/aromatic N) is 4. The first kappa shape index (κ1) is 22.9. The number of hydrogen-bond acceptors (Lipinski definition) is 5. The summed E-state index contributed by atoms with van der Waals surface area (Å²) in [6.07, 6.45) is -2.55. The maximum Gasteiger partial charge on any atom is 0.419 e. The number of alkyl halides is 3. The van der Waals surface area contributed by atoms with Gasteiger partial charge in [0.25, 0.3) is 5.56 Å². The summed E-state index contributed by atoms with van der Waals surface area (Å²) in [4.78, 5) is 48.0. The van der Waals surface area contributed by atoms with E-state index in [1.165, 1.54) is 37.1 Å². The molecule has 4 aromatic rings. The summed E-state index contributed by atoms with van der Waals surface area (Å²) in [6, 6.07) is 3.89. The number of carbonyl (C=O) groups excluding carboxylic acids is 1. The SMILES string of the molecule is Cn1c(=O)c2c(CC(=O)Nc3ncc(-c4ccc(C(F)(F)F)c(F)c4)[nH]3)nccc2n(C)c1=O. The van der Waals surface area contributed by atoms with E-state index in [-0.39, 0.29) is 34.7 Å². The molecule has 3 aromatic heterocycles.